The van der Waals surface area contributed by atoms with E-state index in [2.05, 4.69) is 5.32 Å². The van der Waals surface area contributed by atoms with Crippen molar-refractivity contribution in [2.24, 2.45) is 0 Å². The number of nitrogens with zero attached hydrogens (tertiary/aromatic N) is 2. The molecular weight excluding hydrogens is 326 g/mol. The zero-order valence-corrected chi connectivity index (χ0v) is 15.3. The van der Waals surface area contributed by atoms with Gasteiger partial charge in [0.05, 0.1) is 0 Å². The second kappa shape index (κ2) is 8.04. The van der Waals surface area contributed by atoms with Crippen LogP contribution in [0.4, 0.5) is 10.5 Å². The van der Waals surface area contributed by atoms with Crippen LogP contribution in [-0.4, -0.2) is 36.0 Å². The maximum atomic E-state index is 12.9. The van der Waals surface area contributed by atoms with Gasteiger partial charge in [0, 0.05) is 36.9 Å². The van der Waals surface area contributed by atoms with E-state index in [4.69, 9.17) is 0 Å². The molecule has 3 amide bonds. The van der Waals surface area contributed by atoms with Gasteiger partial charge in [-0.15, -0.1) is 0 Å². The number of urea groups is 1. The number of nitrogens with one attached hydrogen (secondary N) is 1. The smallest absolute Gasteiger partial charge is 0.324 e. The molecule has 26 heavy (non-hydrogen) atoms. The summed E-state index contributed by atoms with van der Waals surface area (Å²) in [5, 5.41) is 2.89. The molecule has 0 saturated carbocycles. The molecule has 0 radical (unpaired) electrons. The van der Waals surface area contributed by atoms with E-state index in [1.807, 2.05) is 61.2 Å². The van der Waals surface area contributed by atoms with Gasteiger partial charge < -0.3 is 10.2 Å². The van der Waals surface area contributed by atoms with Gasteiger partial charge in [0.15, 0.2) is 0 Å². The fourth-order valence-corrected chi connectivity index (χ4v) is 3.13. The summed E-state index contributed by atoms with van der Waals surface area (Å²) >= 11 is 0. The van der Waals surface area contributed by atoms with Gasteiger partial charge in [-0.2, -0.15) is 0 Å². The molecule has 0 spiro atoms. The maximum absolute atomic E-state index is 12.9. The molecule has 0 bridgehead atoms. The Hall–Kier alpha value is -2.82. The van der Waals surface area contributed by atoms with Crippen LogP contribution in [0.5, 0.6) is 0 Å². The Balaban J connectivity index is 1.76. The molecule has 2 aromatic rings. The third-order valence-electron chi connectivity index (χ3n) is 4.37. The van der Waals surface area contributed by atoms with Crippen molar-refractivity contribution in [3.8, 4) is 0 Å². The molecule has 1 heterocycles. The normalized spacial score (nSPS) is 14.7. The Morgan fingerprint density at radius 1 is 1.08 bits per heavy atom. The number of amides is 3. The van der Waals surface area contributed by atoms with Crippen molar-refractivity contribution in [3.63, 3.8) is 0 Å². The zero-order valence-electron chi connectivity index (χ0n) is 15.3. The van der Waals surface area contributed by atoms with Crippen molar-refractivity contribution in [1.82, 2.24) is 10.2 Å². The summed E-state index contributed by atoms with van der Waals surface area (Å²) in [7, 11) is 0. The van der Waals surface area contributed by atoms with Crippen LogP contribution < -0.4 is 10.2 Å². The zero-order chi connectivity index (χ0) is 18.5. The average molecular weight is 351 g/mol. The molecule has 0 aliphatic carbocycles. The molecule has 0 atom stereocenters. The Bertz CT molecular complexity index is 774. The van der Waals surface area contributed by atoms with E-state index in [9.17, 15) is 9.59 Å². The van der Waals surface area contributed by atoms with Gasteiger partial charge in [-0.3, -0.25) is 9.69 Å². The van der Waals surface area contributed by atoms with Crippen molar-refractivity contribution in [2.45, 2.75) is 32.9 Å². The van der Waals surface area contributed by atoms with Crippen LogP contribution in [0, 0.1) is 0 Å². The van der Waals surface area contributed by atoms with Crippen LogP contribution in [-0.2, 0) is 6.54 Å². The summed E-state index contributed by atoms with van der Waals surface area (Å²) in [6, 6.07) is 17.3. The van der Waals surface area contributed by atoms with E-state index in [0.29, 0.717) is 18.7 Å². The lowest BCUT2D eigenvalue weighted by Gasteiger charge is -2.35. The van der Waals surface area contributed by atoms with Gasteiger partial charge in [-0.1, -0.05) is 36.4 Å². The summed E-state index contributed by atoms with van der Waals surface area (Å²) in [5.41, 5.74) is 2.46. The molecule has 2 aromatic carbocycles. The fraction of sp³-hybridized carbons (Fsp3) is 0.333. The highest BCUT2D eigenvalue weighted by atomic mass is 16.2. The van der Waals surface area contributed by atoms with Crippen LogP contribution in [0.2, 0.25) is 0 Å². The first-order chi connectivity index (χ1) is 12.5. The minimum Gasteiger partial charge on any atom is -0.350 e. The Morgan fingerprint density at radius 2 is 1.85 bits per heavy atom. The van der Waals surface area contributed by atoms with E-state index in [1.54, 1.807) is 17.0 Å². The number of carbonyl (C=O) groups is 2. The van der Waals surface area contributed by atoms with Gasteiger partial charge in [-0.05, 0) is 44.0 Å². The number of hydrogen-bond acceptors (Lipinski definition) is 2. The molecule has 1 aliphatic rings. The third-order valence-corrected chi connectivity index (χ3v) is 4.37. The number of anilines is 1. The molecule has 0 unspecified atom stereocenters. The Morgan fingerprint density at radius 3 is 2.58 bits per heavy atom. The molecule has 136 valence electrons. The maximum Gasteiger partial charge on any atom is 0.324 e. The number of carbonyl (C=O) groups excluding carboxylic acids is 2. The second-order valence-electron chi connectivity index (χ2n) is 6.87. The summed E-state index contributed by atoms with van der Waals surface area (Å²) in [5.74, 6) is -0.118. The topological polar surface area (TPSA) is 52.7 Å². The van der Waals surface area contributed by atoms with Gasteiger partial charge in [0.2, 0.25) is 0 Å². The molecule has 1 aliphatic heterocycles. The lowest BCUT2D eigenvalue weighted by Crippen LogP contribution is -2.49. The average Bonchev–Trinajstić information content (AvgIpc) is 2.64. The molecule has 5 nitrogen and oxygen atoms in total. The predicted octanol–water partition coefficient (Wildman–Crippen LogP) is 3.66. The Kier molecular flexibility index (Phi) is 5.56. The largest absolute Gasteiger partial charge is 0.350 e. The van der Waals surface area contributed by atoms with Gasteiger partial charge in [0.1, 0.15) is 0 Å². The highest BCUT2D eigenvalue weighted by Crippen LogP contribution is 2.22. The van der Waals surface area contributed by atoms with E-state index < -0.39 is 0 Å². The minimum atomic E-state index is -0.118. The standard InChI is InChI=1S/C21H25N3O2/c1-16(2)22-20(25)18-10-6-11-19(14-18)24-13-7-12-23(21(24)26)15-17-8-4-3-5-9-17/h3-6,8-11,14,16H,7,12-13,15H2,1-2H3,(H,22,25). The number of hydrogen-bond donors (Lipinski definition) is 1. The molecule has 3 rings (SSSR count). The minimum absolute atomic E-state index is 0.0125. The van der Waals surface area contributed by atoms with Crippen LogP contribution in [0.1, 0.15) is 36.2 Å². The number of rotatable bonds is 5. The summed E-state index contributed by atoms with van der Waals surface area (Å²) in [6.07, 6.45) is 0.904. The monoisotopic (exact) mass is 351 g/mol. The van der Waals surface area contributed by atoms with Crippen molar-refractivity contribution in [3.05, 3.63) is 65.7 Å². The summed E-state index contributed by atoms with van der Waals surface area (Å²) in [4.78, 5) is 28.8. The van der Waals surface area contributed by atoms with Crippen molar-refractivity contribution in [2.75, 3.05) is 18.0 Å². The molecule has 0 aromatic heterocycles. The van der Waals surface area contributed by atoms with Crippen molar-refractivity contribution >= 4 is 17.6 Å². The number of benzene rings is 2. The van der Waals surface area contributed by atoms with E-state index >= 15 is 0 Å². The SMILES string of the molecule is CC(C)NC(=O)c1cccc(N2CCCN(Cc3ccccc3)C2=O)c1. The first-order valence-corrected chi connectivity index (χ1v) is 9.06. The quantitative estimate of drug-likeness (QED) is 0.894. The highest BCUT2D eigenvalue weighted by Gasteiger charge is 2.27. The van der Waals surface area contributed by atoms with Crippen LogP contribution in [0.3, 0.4) is 0 Å². The summed E-state index contributed by atoms with van der Waals surface area (Å²) < 4.78 is 0. The molecule has 1 saturated heterocycles. The third kappa shape index (κ3) is 4.23. The predicted molar refractivity (Wildman–Crippen MR) is 103 cm³/mol. The molecule has 1 N–H and O–H groups in total. The highest BCUT2D eigenvalue weighted by molar-refractivity contribution is 5.98. The van der Waals surface area contributed by atoms with E-state index in [0.717, 1.165) is 24.2 Å². The van der Waals surface area contributed by atoms with Crippen molar-refractivity contribution < 1.29 is 9.59 Å². The lowest BCUT2D eigenvalue weighted by molar-refractivity contribution is 0.0943. The van der Waals surface area contributed by atoms with E-state index in [1.165, 1.54) is 0 Å². The van der Waals surface area contributed by atoms with Crippen molar-refractivity contribution in [1.29, 1.82) is 0 Å². The van der Waals surface area contributed by atoms with Crippen LogP contribution >= 0.6 is 0 Å². The molecule has 5 heteroatoms. The van der Waals surface area contributed by atoms with Crippen LogP contribution in [0.15, 0.2) is 54.6 Å². The Labute approximate surface area is 154 Å². The molecule has 1 fully saturated rings. The lowest BCUT2D eigenvalue weighted by atomic mass is 10.1. The van der Waals surface area contributed by atoms with Gasteiger partial charge in [0.25, 0.3) is 5.91 Å². The first-order valence-electron chi connectivity index (χ1n) is 9.06. The van der Waals surface area contributed by atoms with Crippen LogP contribution in [0.25, 0.3) is 0 Å². The van der Waals surface area contributed by atoms with Gasteiger partial charge in [-0.25, -0.2) is 4.79 Å². The van der Waals surface area contributed by atoms with E-state index in [-0.39, 0.29) is 18.0 Å². The second-order valence-corrected chi connectivity index (χ2v) is 6.87. The fourth-order valence-electron chi connectivity index (χ4n) is 3.13. The van der Waals surface area contributed by atoms with Gasteiger partial charge >= 0.3 is 6.03 Å². The molecular formula is C21H25N3O2. The first kappa shape index (κ1) is 18.0. The summed E-state index contributed by atoms with van der Waals surface area (Å²) in [6.45, 7) is 5.87.